The zero-order chi connectivity index (χ0) is 12.7. The number of carboxylic acid groups (broad SMARTS) is 1. The van der Waals surface area contributed by atoms with E-state index in [0.29, 0.717) is 6.41 Å². The van der Waals surface area contributed by atoms with Gasteiger partial charge < -0.3 is 15.2 Å². The first-order chi connectivity index (χ1) is 8.15. The summed E-state index contributed by atoms with van der Waals surface area (Å²) in [4.78, 5) is 21.0. The molecule has 0 radical (unpaired) electrons. The van der Waals surface area contributed by atoms with Crippen molar-refractivity contribution in [3.63, 3.8) is 0 Å². The quantitative estimate of drug-likeness (QED) is 0.434. The van der Waals surface area contributed by atoms with E-state index in [1.54, 1.807) is 12.1 Å². The van der Waals surface area contributed by atoms with Gasteiger partial charge in [0.2, 0.25) is 6.41 Å². The Morgan fingerprint density at radius 3 is 2.65 bits per heavy atom. The molecule has 0 spiro atoms. The van der Waals surface area contributed by atoms with Gasteiger partial charge in [-0.2, -0.15) is 0 Å². The van der Waals surface area contributed by atoms with Crippen LogP contribution >= 0.6 is 11.6 Å². The van der Waals surface area contributed by atoms with E-state index in [1.807, 2.05) is 18.2 Å². The van der Waals surface area contributed by atoms with Crippen molar-refractivity contribution in [1.82, 2.24) is 5.32 Å². The Morgan fingerprint density at radius 2 is 2.12 bits per heavy atom. The average Bonchev–Trinajstić information content (AvgIpc) is 2.30. The molecule has 2 unspecified atom stereocenters. The number of ether oxygens (including phenoxy) is 1. The molecule has 1 rings (SSSR count). The third kappa shape index (κ3) is 4.42. The zero-order valence-electron chi connectivity index (χ0n) is 8.88. The molecule has 0 fully saturated rings. The highest BCUT2D eigenvalue weighted by molar-refractivity contribution is 6.22. The van der Waals surface area contributed by atoms with Gasteiger partial charge in [-0.1, -0.05) is 41.9 Å². The number of halogens is 1. The Kier molecular flexibility index (Phi) is 5.45. The molecule has 0 aliphatic carbocycles. The fraction of sp³-hybridized carbons (Fsp3) is 0.273. The lowest BCUT2D eigenvalue weighted by molar-refractivity contribution is -0.151. The van der Waals surface area contributed by atoms with Crippen molar-refractivity contribution < 1.29 is 19.4 Å². The van der Waals surface area contributed by atoms with Gasteiger partial charge >= 0.3 is 5.97 Å². The summed E-state index contributed by atoms with van der Waals surface area (Å²) in [6.45, 7) is 0.113. The van der Waals surface area contributed by atoms with Gasteiger partial charge in [-0.15, -0.1) is 0 Å². The third-order valence-electron chi connectivity index (χ3n) is 2.01. The number of carbonyl (C=O) groups is 2. The lowest BCUT2D eigenvalue weighted by atomic mass is 10.2. The van der Waals surface area contributed by atoms with Crippen LogP contribution in [-0.2, 0) is 20.9 Å². The molecule has 0 aromatic heterocycles. The van der Waals surface area contributed by atoms with E-state index in [9.17, 15) is 9.59 Å². The van der Waals surface area contributed by atoms with Crippen LogP contribution in [-0.4, -0.2) is 29.1 Å². The SMILES string of the molecule is O=CNC(Cl)C(OCc1ccccc1)C(=O)O. The molecule has 0 heterocycles. The van der Waals surface area contributed by atoms with E-state index in [-0.39, 0.29) is 6.61 Å². The summed E-state index contributed by atoms with van der Waals surface area (Å²) in [5, 5.41) is 11.0. The molecule has 1 aromatic carbocycles. The predicted molar refractivity (Wildman–Crippen MR) is 61.5 cm³/mol. The van der Waals surface area contributed by atoms with Crippen molar-refractivity contribution in [2.24, 2.45) is 0 Å². The molecule has 6 heteroatoms. The molecule has 17 heavy (non-hydrogen) atoms. The summed E-state index contributed by atoms with van der Waals surface area (Å²) in [6.07, 6.45) is -0.957. The van der Waals surface area contributed by atoms with E-state index in [1.165, 1.54) is 0 Å². The van der Waals surface area contributed by atoms with Crippen LogP contribution < -0.4 is 5.32 Å². The third-order valence-corrected chi connectivity index (χ3v) is 2.36. The summed E-state index contributed by atoms with van der Waals surface area (Å²) in [7, 11) is 0. The van der Waals surface area contributed by atoms with Crippen LogP contribution in [0.2, 0.25) is 0 Å². The number of carboxylic acids is 1. The van der Waals surface area contributed by atoms with E-state index in [0.717, 1.165) is 5.56 Å². The van der Waals surface area contributed by atoms with Crippen LogP contribution in [0.5, 0.6) is 0 Å². The monoisotopic (exact) mass is 257 g/mol. The molecule has 2 N–H and O–H groups in total. The Labute approximate surface area is 103 Å². The van der Waals surface area contributed by atoms with Gasteiger partial charge in [0.1, 0.15) is 5.50 Å². The molecule has 0 aliphatic rings. The molecule has 0 aliphatic heterocycles. The Bertz CT molecular complexity index is 371. The van der Waals surface area contributed by atoms with Gasteiger partial charge in [0.05, 0.1) is 6.61 Å². The highest BCUT2D eigenvalue weighted by Gasteiger charge is 2.27. The highest BCUT2D eigenvalue weighted by atomic mass is 35.5. The fourth-order valence-electron chi connectivity index (χ4n) is 1.19. The molecule has 1 aromatic rings. The largest absolute Gasteiger partial charge is 0.479 e. The van der Waals surface area contributed by atoms with Crippen molar-refractivity contribution in [2.45, 2.75) is 18.2 Å². The normalized spacial score (nSPS) is 13.7. The lowest BCUT2D eigenvalue weighted by Crippen LogP contribution is -2.41. The Hall–Kier alpha value is -1.59. The van der Waals surface area contributed by atoms with Gasteiger partial charge in [-0.3, -0.25) is 4.79 Å². The van der Waals surface area contributed by atoms with Crippen LogP contribution in [0.4, 0.5) is 0 Å². The number of aliphatic carboxylic acids is 1. The number of amides is 1. The second-order valence-electron chi connectivity index (χ2n) is 3.24. The highest BCUT2D eigenvalue weighted by Crippen LogP contribution is 2.09. The minimum absolute atomic E-state index is 0.113. The van der Waals surface area contributed by atoms with E-state index < -0.39 is 17.6 Å². The number of alkyl halides is 1. The fourth-order valence-corrected chi connectivity index (χ4v) is 1.43. The minimum Gasteiger partial charge on any atom is -0.479 e. The maximum absolute atomic E-state index is 10.9. The summed E-state index contributed by atoms with van der Waals surface area (Å²) in [6, 6.07) is 9.08. The second kappa shape index (κ2) is 6.88. The number of carbonyl (C=O) groups excluding carboxylic acids is 1. The smallest absolute Gasteiger partial charge is 0.336 e. The molecule has 0 saturated carbocycles. The standard InChI is InChI=1S/C11H12ClNO4/c12-10(13-7-14)9(11(15)16)17-6-8-4-2-1-3-5-8/h1-5,7,9-10H,6H2,(H,13,14)(H,15,16). The summed E-state index contributed by atoms with van der Waals surface area (Å²) in [5.74, 6) is -1.23. The zero-order valence-corrected chi connectivity index (χ0v) is 9.63. The van der Waals surface area contributed by atoms with Gasteiger partial charge in [-0.25, -0.2) is 4.79 Å². The minimum atomic E-state index is -1.29. The first-order valence-electron chi connectivity index (χ1n) is 4.87. The van der Waals surface area contributed by atoms with Crippen molar-refractivity contribution in [2.75, 3.05) is 0 Å². The second-order valence-corrected chi connectivity index (χ2v) is 3.71. The van der Waals surface area contributed by atoms with E-state index >= 15 is 0 Å². The number of hydrogen-bond acceptors (Lipinski definition) is 3. The summed E-state index contributed by atoms with van der Waals surface area (Å²) in [5.41, 5.74) is -0.276. The molecule has 5 nitrogen and oxygen atoms in total. The molecule has 1 amide bonds. The van der Waals surface area contributed by atoms with Gasteiger partial charge in [0.25, 0.3) is 0 Å². The number of nitrogens with one attached hydrogen (secondary N) is 1. The van der Waals surface area contributed by atoms with Crippen LogP contribution in [0.15, 0.2) is 30.3 Å². The molecule has 0 bridgehead atoms. The van der Waals surface area contributed by atoms with Crippen molar-refractivity contribution in [3.05, 3.63) is 35.9 Å². The summed E-state index contributed by atoms with van der Waals surface area (Å²) < 4.78 is 5.15. The lowest BCUT2D eigenvalue weighted by Gasteiger charge is -2.18. The molecular weight excluding hydrogens is 246 g/mol. The Morgan fingerprint density at radius 1 is 1.47 bits per heavy atom. The van der Waals surface area contributed by atoms with Crippen LogP contribution in [0.25, 0.3) is 0 Å². The molecule has 2 atom stereocenters. The average molecular weight is 258 g/mol. The molecular formula is C11H12ClNO4. The topological polar surface area (TPSA) is 75.6 Å². The number of rotatable bonds is 7. The van der Waals surface area contributed by atoms with Crippen LogP contribution in [0.1, 0.15) is 5.56 Å². The first kappa shape index (κ1) is 13.5. The van der Waals surface area contributed by atoms with E-state index in [4.69, 9.17) is 21.4 Å². The Balaban J connectivity index is 2.56. The van der Waals surface area contributed by atoms with E-state index in [2.05, 4.69) is 5.32 Å². The van der Waals surface area contributed by atoms with Crippen LogP contribution in [0, 0.1) is 0 Å². The summed E-state index contributed by atoms with van der Waals surface area (Å²) >= 11 is 5.66. The molecule has 92 valence electrons. The predicted octanol–water partition coefficient (Wildman–Crippen LogP) is 0.967. The number of benzene rings is 1. The molecule has 0 saturated heterocycles. The van der Waals surface area contributed by atoms with Crippen molar-refractivity contribution >= 4 is 24.0 Å². The maximum atomic E-state index is 10.9. The number of hydrogen-bond donors (Lipinski definition) is 2. The van der Waals surface area contributed by atoms with Crippen molar-refractivity contribution in [1.29, 1.82) is 0 Å². The maximum Gasteiger partial charge on any atom is 0.336 e. The van der Waals surface area contributed by atoms with Gasteiger partial charge in [0.15, 0.2) is 6.10 Å². The van der Waals surface area contributed by atoms with Gasteiger partial charge in [-0.05, 0) is 5.56 Å². The van der Waals surface area contributed by atoms with Crippen LogP contribution in [0.3, 0.4) is 0 Å². The first-order valence-corrected chi connectivity index (χ1v) is 5.31. The van der Waals surface area contributed by atoms with Gasteiger partial charge in [0, 0.05) is 0 Å². The van der Waals surface area contributed by atoms with Crippen molar-refractivity contribution in [3.8, 4) is 0 Å².